The van der Waals surface area contributed by atoms with Crippen molar-refractivity contribution in [3.05, 3.63) is 105 Å². The van der Waals surface area contributed by atoms with E-state index in [1.165, 1.54) is 14.2 Å². The van der Waals surface area contributed by atoms with Crippen molar-refractivity contribution in [2.24, 2.45) is 0 Å². The standard InChI is InChI=1S/C42H54O14P2/c1-47-13-17-53-39-29-9-7-10-30(39)22-34-26-38(58(45,46)52-6)28-36(42(34)56-20-16-50-4)24-32-12-8-11-31(40(32)54-18-14-48-2)23-35-27-37(57(43,44)51-5)25-33(21-29)41(35)55-19-15-49-3/h7-12,25-28H,13-24H2,1-6H3,(H,43,44)(H,45,46). The summed E-state index contributed by atoms with van der Waals surface area (Å²) >= 11 is 0. The molecule has 4 aromatic carbocycles. The molecule has 0 amide bonds. The number of ether oxygens (including phenoxy) is 8. The Morgan fingerprint density at radius 2 is 0.655 bits per heavy atom. The molecule has 0 fully saturated rings. The van der Waals surface area contributed by atoms with Gasteiger partial charge in [-0.05, 0) is 68.8 Å². The molecule has 0 heterocycles. The van der Waals surface area contributed by atoms with Crippen molar-refractivity contribution in [1.82, 2.24) is 0 Å². The first-order chi connectivity index (χ1) is 28.0. The Morgan fingerprint density at radius 1 is 0.414 bits per heavy atom. The summed E-state index contributed by atoms with van der Waals surface area (Å²) in [6, 6.07) is 18.0. The maximum Gasteiger partial charge on any atom is 0.358 e. The van der Waals surface area contributed by atoms with Gasteiger partial charge >= 0.3 is 15.2 Å². The number of benzene rings is 4. The van der Waals surface area contributed by atoms with Crippen molar-refractivity contribution < 1.29 is 65.9 Å². The Labute approximate surface area is 340 Å². The monoisotopic (exact) mass is 844 g/mol. The van der Waals surface area contributed by atoms with Crippen molar-refractivity contribution >= 4 is 25.8 Å². The second-order valence-electron chi connectivity index (χ2n) is 13.5. The number of para-hydroxylation sites is 2. The van der Waals surface area contributed by atoms with Crippen molar-refractivity contribution in [3.63, 3.8) is 0 Å². The van der Waals surface area contributed by atoms with E-state index in [0.29, 0.717) is 71.7 Å². The predicted octanol–water partition coefficient (Wildman–Crippen LogP) is 5.38. The zero-order valence-corrected chi connectivity index (χ0v) is 35.7. The summed E-state index contributed by atoms with van der Waals surface area (Å²) in [5.74, 6) is 2.14. The van der Waals surface area contributed by atoms with Crippen molar-refractivity contribution in [1.29, 1.82) is 0 Å². The fraction of sp³-hybridized carbons (Fsp3) is 0.429. The number of rotatable bonds is 20. The van der Waals surface area contributed by atoms with Crippen LogP contribution < -0.4 is 29.6 Å². The minimum atomic E-state index is -4.26. The molecule has 0 aromatic heterocycles. The molecule has 1 aliphatic carbocycles. The molecule has 0 radical (unpaired) electrons. The van der Waals surface area contributed by atoms with Gasteiger partial charge in [-0.3, -0.25) is 9.13 Å². The zero-order chi connectivity index (χ0) is 41.7. The van der Waals surface area contributed by atoms with Gasteiger partial charge in [0, 0.05) is 68.3 Å². The van der Waals surface area contributed by atoms with Crippen LogP contribution in [0.1, 0.15) is 44.5 Å². The fourth-order valence-electron chi connectivity index (χ4n) is 6.84. The van der Waals surface area contributed by atoms with E-state index in [1.54, 1.807) is 52.7 Å². The first kappa shape index (κ1) is 45.3. The molecule has 2 unspecified atom stereocenters. The van der Waals surface area contributed by atoms with E-state index < -0.39 is 15.2 Å². The van der Waals surface area contributed by atoms with Crippen LogP contribution in [0.3, 0.4) is 0 Å². The van der Waals surface area contributed by atoms with Crippen LogP contribution in [0.25, 0.3) is 0 Å². The van der Waals surface area contributed by atoms with Crippen LogP contribution in [0.2, 0.25) is 0 Å². The summed E-state index contributed by atoms with van der Waals surface area (Å²) in [4.78, 5) is 22.2. The van der Waals surface area contributed by atoms with E-state index >= 15 is 0 Å². The maximum atomic E-state index is 13.6. The van der Waals surface area contributed by atoms with Gasteiger partial charge in [0.15, 0.2) is 0 Å². The van der Waals surface area contributed by atoms with Crippen LogP contribution in [-0.2, 0) is 62.8 Å². The molecule has 0 aliphatic heterocycles. The Morgan fingerprint density at radius 3 is 0.879 bits per heavy atom. The van der Waals surface area contributed by atoms with Crippen LogP contribution in [0.5, 0.6) is 23.0 Å². The third kappa shape index (κ3) is 11.3. The maximum absolute atomic E-state index is 13.6. The molecule has 16 heteroatoms. The van der Waals surface area contributed by atoms with Crippen LogP contribution >= 0.6 is 15.2 Å². The molecule has 0 saturated heterocycles. The lowest BCUT2D eigenvalue weighted by molar-refractivity contribution is 0.144. The van der Waals surface area contributed by atoms with E-state index in [1.807, 2.05) is 36.4 Å². The summed E-state index contributed by atoms with van der Waals surface area (Å²) in [7, 11) is 0.231. The molecule has 8 bridgehead atoms. The lowest BCUT2D eigenvalue weighted by Crippen LogP contribution is -2.17. The van der Waals surface area contributed by atoms with Crippen LogP contribution in [0.4, 0.5) is 0 Å². The summed E-state index contributed by atoms with van der Waals surface area (Å²) < 4.78 is 84.8. The second kappa shape index (κ2) is 21.5. The van der Waals surface area contributed by atoms with Gasteiger partial charge in [0.2, 0.25) is 0 Å². The van der Waals surface area contributed by atoms with Gasteiger partial charge in [0.05, 0.1) is 37.0 Å². The Balaban J connectivity index is 1.88. The minimum Gasteiger partial charge on any atom is -0.491 e. The predicted molar refractivity (Wildman–Crippen MR) is 219 cm³/mol. The largest absolute Gasteiger partial charge is 0.491 e. The molecule has 2 atom stereocenters. The van der Waals surface area contributed by atoms with Crippen molar-refractivity contribution in [2.75, 3.05) is 95.5 Å². The molecule has 0 saturated carbocycles. The van der Waals surface area contributed by atoms with Gasteiger partial charge in [-0.1, -0.05) is 36.4 Å². The second-order valence-corrected chi connectivity index (χ2v) is 17.3. The highest BCUT2D eigenvalue weighted by Crippen LogP contribution is 2.45. The first-order valence-electron chi connectivity index (χ1n) is 18.8. The Hall–Kier alpha value is -3.78. The number of fused-ring (bicyclic) bond motifs is 8. The van der Waals surface area contributed by atoms with Crippen LogP contribution in [0.15, 0.2) is 60.7 Å². The fourth-order valence-corrected chi connectivity index (χ4v) is 8.54. The molecule has 2 N–H and O–H groups in total. The van der Waals surface area contributed by atoms with Gasteiger partial charge in [0.1, 0.15) is 49.4 Å². The van der Waals surface area contributed by atoms with E-state index in [4.69, 9.17) is 46.9 Å². The highest BCUT2D eigenvalue weighted by Gasteiger charge is 2.29. The van der Waals surface area contributed by atoms with Gasteiger partial charge in [-0.2, -0.15) is 0 Å². The normalized spacial score (nSPS) is 14.6. The van der Waals surface area contributed by atoms with Crippen LogP contribution in [-0.4, -0.2) is 105 Å². The van der Waals surface area contributed by atoms with E-state index in [2.05, 4.69) is 0 Å². The number of methoxy groups -OCH3 is 4. The highest BCUT2D eigenvalue weighted by atomic mass is 31.2. The number of hydrogen-bond donors (Lipinski definition) is 2. The minimum absolute atomic E-state index is 0.100. The SMILES string of the molecule is COCCOc1c2cccc1Cc1cc(P(=O)(O)OC)cc(c1OCCOC)Cc1cccc(c1OCCOC)Cc1cc(P(=O)(O)OC)cc(c1OCCOC)C2. The average Bonchev–Trinajstić information content (AvgIpc) is 3.21. The molecular formula is C42H54O14P2. The quantitative estimate of drug-likeness (QED) is 0.0758. The van der Waals surface area contributed by atoms with E-state index in [-0.39, 0.29) is 62.7 Å². The van der Waals surface area contributed by atoms with Crippen molar-refractivity contribution in [2.45, 2.75) is 25.7 Å². The van der Waals surface area contributed by atoms with Crippen LogP contribution in [0, 0.1) is 0 Å². The third-order valence-electron chi connectivity index (χ3n) is 9.62. The first-order valence-corrected chi connectivity index (χ1v) is 21.9. The van der Waals surface area contributed by atoms with Crippen molar-refractivity contribution in [3.8, 4) is 23.0 Å². The molecule has 58 heavy (non-hydrogen) atoms. The molecular weight excluding hydrogens is 790 g/mol. The molecule has 1 aliphatic rings. The average molecular weight is 845 g/mol. The van der Waals surface area contributed by atoms with E-state index in [0.717, 1.165) is 22.3 Å². The number of hydrogen-bond acceptors (Lipinski definition) is 12. The van der Waals surface area contributed by atoms with Gasteiger partial charge in [-0.15, -0.1) is 0 Å². The summed E-state index contributed by atoms with van der Waals surface area (Å²) in [6.07, 6.45) is 0.882. The molecule has 316 valence electrons. The summed E-state index contributed by atoms with van der Waals surface area (Å²) in [6.45, 7) is 2.08. The highest BCUT2D eigenvalue weighted by molar-refractivity contribution is 7.61. The topological polar surface area (TPSA) is 167 Å². The third-order valence-corrected chi connectivity index (χ3v) is 12.4. The Kier molecular flexibility index (Phi) is 16.8. The molecule has 4 aromatic rings. The molecule has 0 spiro atoms. The lowest BCUT2D eigenvalue weighted by atomic mass is 9.91. The smallest absolute Gasteiger partial charge is 0.358 e. The van der Waals surface area contributed by atoms with E-state index in [9.17, 15) is 18.9 Å². The van der Waals surface area contributed by atoms with Gasteiger partial charge in [-0.25, -0.2) is 0 Å². The lowest BCUT2D eigenvalue weighted by Gasteiger charge is -2.24. The summed E-state index contributed by atoms with van der Waals surface area (Å²) in [5.41, 5.74) is 5.45. The molecule has 14 nitrogen and oxygen atoms in total. The zero-order valence-electron chi connectivity index (χ0n) is 33.9. The molecule has 5 rings (SSSR count). The van der Waals surface area contributed by atoms with Gasteiger partial charge in [0.25, 0.3) is 0 Å². The van der Waals surface area contributed by atoms with Gasteiger partial charge < -0.3 is 56.7 Å². The Bertz CT molecular complexity index is 1850. The summed E-state index contributed by atoms with van der Waals surface area (Å²) in [5, 5.41) is 0.200.